The monoisotopic (exact) mass is 270 g/mol. The van der Waals surface area contributed by atoms with Crippen LogP contribution in [0.25, 0.3) is 0 Å². The van der Waals surface area contributed by atoms with Gasteiger partial charge in [0.25, 0.3) is 0 Å². The first kappa shape index (κ1) is 14.3. The second kappa shape index (κ2) is 6.34. The minimum Gasteiger partial charge on any atom is -0.480 e. The molecule has 3 N–H and O–H groups in total. The van der Waals surface area contributed by atoms with Crippen LogP contribution in [0.3, 0.4) is 0 Å². The Bertz CT molecular complexity index is 348. The van der Waals surface area contributed by atoms with Crippen molar-refractivity contribution in [2.75, 3.05) is 13.7 Å². The van der Waals surface area contributed by atoms with Gasteiger partial charge in [0, 0.05) is 25.8 Å². The number of amides is 1. The molecule has 0 aromatic rings. The number of hydrogen-bond acceptors (Lipinski definition) is 4. The third-order valence-corrected chi connectivity index (χ3v) is 4.09. The highest BCUT2D eigenvalue weighted by Crippen LogP contribution is 2.33. The Kier molecular flexibility index (Phi) is 4.76. The molecular weight excluding hydrogens is 248 g/mol. The van der Waals surface area contributed by atoms with E-state index in [1.165, 1.54) is 0 Å². The lowest BCUT2D eigenvalue weighted by atomic mass is 9.88. The van der Waals surface area contributed by atoms with Gasteiger partial charge in [-0.25, -0.2) is 4.79 Å². The van der Waals surface area contributed by atoms with Crippen molar-refractivity contribution in [2.24, 2.45) is 5.92 Å². The van der Waals surface area contributed by atoms with E-state index in [2.05, 4.69) is 10.6 Å². The van der Waals surface area contributed by atoms with Crippen molar-refractivity contribution in [1.29, 1.82) is 0 Å². The van der Waals surface area contributed by atoms with Gasteiger partial charge < -0.3 is 20.5 Å². The van der Waals surface area contributed by atoms with Gasteiger partial charge in [-0.15, -0.1) is 0 Å². The van der Waals surface area contributed by atoms with Crippen LogP contribution < -0.4 is 10.6 Å². The summed E-state index contributed by atoms with van der Waals surface area (Å²) in [5, 5.41) is 15.2. The highest BCUT2D eigenvalue weighted by molar-refractivity contribution is 5.85. The van der Waals surface area contributed by atoms with Crippen molar-refractivity contribution in [3.05, 3.63) is 0 Å². The molecule has 2 aliphatic heterocycles. The molecule has 0 aromatic heterocycles. The van der Waals surface area contributed by atoms with E-state index >= 15 is 0 Å². The summed E-state index contributed by atoms with van der Waals surface area (Å²) in [6.45, 7) is 0.509. The first-order valence-electron chi connectivity index (χ1n) is 6.90. The van der Waals surface area contributed by atoms with Crippen LogP contribution in [0.5, 0.6) is 0 Å². The van der Waals surface area contributed by atoms with Crippen LogP contribution in [0.2, 0.25) is 0 Å². The first-order chi connectivity index (χ1) is 9.11. The van der Waals surface area contributed by atoms with Gasteiger partial charge >= 0.3 is 5.97 Å². The summed E-state index contributed by atoms with van der Waals surface area (Å²) in [5.74, 6) is -1.16. The average Bonchev–Trinajstić information content (AvgIpc) is 2.99. The molecule has 2 heterocycles. The molecule has 1 amide bonds. The number of ether oxygens (including phenoxy) is 1. The van der Waals surface area contributed by atoms with Gasteiger partial charge in [-0.3, -0.25) is 4.79 Å². The molecule has 2 bridgehead atoms. The van der Waals surface area contributed by atoms with Crippen LogP contribution in [0.1, 0.15) is 32.1 Å². The van der Waals surface area contributed by atoms with Gasteiger partial charge in [-0.2, -0.15) is 0 Å². The number of carboxylic acids is 1. The molecule has 4 unspecified atom stereocenters. The lowest BCUT2D eigenvalue weighted by molar-refractivity contribution is -0.142. The number of carbonyl (C=O) groups excluding carboxylic acids is 1. The second-order valence-electron chi connectivity index (χ2n) is 5.42. The van der Waals surface area contributed by atoms with Crippen LogP contribution in [-0.4, -0.2) is 48.8 Å². The van der Waals surface area contributed by atoms with E-state index in [0.717, 1.165) is 19.3 Å². The molecule has 4 atom stereocenters. The number of fused-ring (bicyclic) bond motifs is 2. The summed E-state index contributed by atoms with van der Waals surface area (Å²) >= 11 is 0. The Labute approximate surface area is 112 Å². The maximum atomic E-state index is 12.1. The molecule has 6 heteroatoms. The molecule has 0 aromatic carbocycles. The number of methoxy groups -OCH3 is 1. The van der Waals surface area contributed by atoms with E-state index in [9.17, 15) is 9.59 Å². The Hall–Kier alpha value is -1.14. The van der Waals surface area contributed by atoms with Crippen molar-refractivity contribution in [3.8, 4) is 0 Å². The Morgan fingerprint density at radius 2 is 2.26 bits per heavy atom. The number of carbonyl (C=O) groups is 2. The van der Waals surface area contributed by atoms with E-state index in [1.54, 1.807) is 7.11 Å². The van der Waals surface area contributed by atoms with Crippen molar-refractivity contribution in [2.45, 2.75) is 50.2 Å². The number of carboxylic acid groups (broad SMARTS) is 1. The topological polar surface area (TPSA) is 87.7 Å². The summed E-state index contributed by atoms with van der Waals surface area (Å²) in [6, 6.07) is -0.127. The third kappa shape index (κ3) is 3.45. The summed E-state index contributed by atoms with van der Waals surface area (Å²) in [6.07, 6.45) is 4.02. The van der Waals surface area contributed by atoms with E-state index in [1.807, 2.05) is 0 Å². The maximum Gasteiger partial charge on any atom is 0.326 e. The van der Waals surface area contributed by atoms with Crippen molar-refractivity contribution in [1.82, 2.24) is 10.6 Å². The van der Waals surface area contributed by atoms with Crippen LogP contribution >= 0.6 is 0 Å². The van der Waals surface area contributed by atoms with Gasteiger partial charge in [-0.1, -0.05) is 0 Å². The fourth-order valence-corrected chi connectivity index (χ4v) is 3.08. The molecule has 2 saturated heterocycles. The third-order valence-electron chi connectivity index (χ3n) is 4.09. The summed E-state index contributed by atoms with van der Waals surface area (Å²) in [5.41, 5.74) is 0. The van der Waals surface area contributed by atoms with Crippen LogP contribution in [-0.2, 0) is 14.3 Å². The van der Waals surface area contributed by atoms with Crippen molar-refractivity contribution < 1.29 is 19.4 Å². The molecule has 0 saturated carbocycles. The van der Waals surface area contributed by atoms with Crippen LogP contribution in [0, 0.1) is 5.92 Å². The van der Waals surface area contributed by atoms with Crippen LogP contribution in [0.15, 0.2) is 0 Å². The fraction of sp³-hybridized carbons (Fsp3) is 0.846. The summed E-state index contributed by atoms with van der Waals surface area (Å²) in [7, 11) is 1.58. The van der Waals surface area contributed by atoms with Gasteiger partial charge in [0.15, 0.2) is 0 Å². The fourth-order valence-electron chi connectivity index (χ4n) is 3.08. The normalized spacial score (nSPS) is 30.3. The number of rotatable bonds is 7. The van der Waals surface area contributed by atoms with Crippen molar-refractivity contribution >= 4 is 11.9 Å². The predicted molar refractivity (Wildman–Crippen MR) is 68.7 cm³/mol. The van der Waals surface area contributed by atoms with E-state index in [4.69, 9.17) is 9.84 Å². The van der Waals surface area contributed by atoms with Gasteiger partial charge in [0.2, 0.25) is 5.91 Å². The minimum absolute atomic E-state index is 0.0666. The molecule has 0 aliphatic carbocycles. The molecule has 108 valence electrons. The Morgan fingerprint density at radius 1 is 1.47 bits per heavy atom. The summed E-state index contributed by atoms with van der Waals surface area (Å²) in [4.78, 5) is 23.3. The Balaban J connectivity index is 1.83. The molecule has 2 fully saturated rings. The quantitative estimate of drug-likeness (QED) is 0.572. The average molecular weight is 270 g/mol. The molecular formula is C13H22N2O4. The molecule has 0 spiro atoms. The number of aliphatic carboxylic acids is 1. The van der Waals surface area contributed by atoms with Crippen LogP contribution in [0.4, 0.5) is 0 Å². The predicted octanol–water partition coefficient (Wildman–Crippen LogP) is 0.123. The van der Waals surface area contributed by atoms with E-state index < -0.39 is 12.0 Å². The molecule has 6 nitrogen and oxygen atoms in total. The SMILES string of the molecule is COCCCC(NC(=O)C1CC2CCC1N2)C(=O)O. The smallest absolute Gasteiger partial charge is 0.326 e. The zero-order chi connectivity index (χ0) is 13.8. The lowest BCUT2D eigenvalue weighted by Crippen LogP contribution is -2.46. The number of nitrogens with one attached hydrogen (secondary N) is 2. The van der Waals surface area contributed by atoms with Gasteiger partial charge in [0.1, 0.15) is 6.04 Å². The molecule has 2 rings (SSSR count). The zero-order valence-electron chi connectivity index (χ0n) is 11.2. The molecule has 0 radical (unpaired) electrons. The van der Waals surface area contributed by atoms with Crippen molar-refractivity contribution in [3.63, 3.8) is 0 Å². The van der Waals surface area contributed by atoms with Gasteiger partial charge in [-0.05, 0) is 32.1 Å². The largest absolute Gasteiger partial charge is 0.480 e. The molecule has 19 heavy (non-hydrogen) atoms. The second-order valence-corrected chi connectivity index (χ2v) is 5.42. The molecule has 2 aliphatic rings. The van der Waals surface area contributed by atoms with E-state index in [-0.39, 0.29) is 17.9 Å². The summed E-state index contributed by atoms with van der Waals surface area (Å²) < 4.78 is 4.90. The zero-order valence-corrected chi connectivity index (χ0v) is 11.2. The maximum absolute atomic E-state index is 12.1. The van der Waals surface area contributed by atoms with E-state index in [0.29, 0.717) is 25.5 Å². The Morgan fingerprint density at radius 3 is 2.79 bits per heavy atom. The minimum atomic E-state index is -0.972. The highest BCUT2D eigenvalue weighted by Gasteiger charge is 2.43. The standard InChI is InChI=1S/C13H22N2O4/c1-19-6-2-3-11(13(17)18)15-12(16)9-7-8-4-5-10(9)14-8/h8-11,14H,2-7H2,1H3,(H,15,16)(H,17,18). The number of hydrogen-bond donors (Lipinski definition) is 3. The first-order valence-corrected chi connectivity index (χ1v) is 6.90. The lowest BCUT2D eigenvalue weighted by Gasteiger charge is -2.22. The highest BCUT2D eigenvalue weighted by atomic mass is 16.5. The van der Waals surface area contributed by atoms with Gasteiger partial charge in [0.05, 0.1) is 5.92 Å².